The molecule has 42 heavy (non-hydrogen) atoms. The zero-order valence-electron chi connectivity index (χ0n) is 25.0. The van der Waals surface area contributed by atoms with E-state index in [1.54, 1.807) is 12.1 Å². The average Bonchev–Trinajstić information content (AvgIpc) is 2.89. The van der Waals surface area contributed by atoms with Crippen LogP contribution in [0.25, 0.3) is 0 Å². The second kappa shape index (κ2) is 11.3. The van der Waals surface area contributed by atoms with Crippen LogP contribution in [0, 0.1) is 10.8 Å². The van der Waals surface area contributed by atoms with Crippen LogP contribution >= 0.6 is 11.6 Å². The van der Waals surface area contributed by atoms with E-state index in [1.165, 1.54) is 12.7 Å². The van der Waals surface area contributed by atoms with Gasteiger partial charge in [0.25, 0.3) is 5.91 Å². The van der Waals surface area contributed by atoms with Crippen molar-refractivity contribution in [3.05, 3.63) is 81.2 Å². The molecule has 0 aromatic heterocycles. The lowest BCUT2D eigenvalue weighted by Gasteiger charge is -2.49. The van der Waals surface area contributed by atoms with Crippen LogP contribution < -0.4 is 15.2 Å². The maximum atomic E-state index is 14.1. The van der Waals surface area contributed by atoms with Crippen LogP contribution in [-0.4, -0.2) is 42.6 Å². The van der Waals surface area contributed by atoms with Crippen molar-refractivity contribution in [2.75, 3.05) is 20.3 Å². The van der Waals surface area contributed by atoms with Gasteiger partial charge in [0.15, 0.2) is 29.7 Å². The third-order valence-corrected chi connectivity index (χ3v) is 8.71. The molecule has 5 rings (SSSR count). The Morgan fingerprint density at radius 3 is 2.05 bits per heavy atom. The number of methoxy groups -OCH3 is 1. The number of nitrogens with zero attached hydrogens (tertiary/aromatic N) is 1. The fourth-order valence-corrected chi connectivity index (χ4v) is 7.00. The standard InChI is InChI=1S/C34H39ClN2O5/c1-33(2)15-23-30(25(38)17-33)29(21-13-22(35)32(27(14-21)41-5)42-19-28(36)40)31-24(16-34(3,4)18-26(31)39)37(23)12-11-20-9-7-6-8-10-20/h6-10,13-14,29H,11-12,15-19H2,1-5H3,(H2,36,40). The number of hydrogen-bond acceptors (Lipinski definition) is 6. The van der Waals surface area contributed by atoms with Crippen LogP contribution in [0.5, 0.6) is 11.5 Å². The van der Waals surface area contributed by atoms with E-state index in [-0.39, 0.29) is 39.8 Å². The number of Topliss-reactive ketones (excluding diaryl/α,β-unsaturated/α-hetero) is 2. The highest BCUT2D eigenvalue weighted by Gasteiger charge is 2.49. The predicted molar refractivity (Wildman–Crippen MR) is 162 cm³/mol. The van der Waals surface area contributed by atoms with Crippen molar-refractivity contribution >= 4 is 29.1 Å². The van der Waals surface area contributed by atoms with Crippen molar-refractivity contribution in [2.24, 2.45) is 16.6 Å². The van der Waals surface area contributed by atoms with Gasteiger partial charge >= 0.3 is 0 Å². The summed E-state index contributed by atoms with van der Waals surface area (Å²) in [5, 5.41) is 0.216. The fourth-order valence-electron chi connectivity index (χ4n) is 6.73. The Hall–Kier alpha value is -3.58. The van der Waals surface area contributed by atoms with Gasteiger partial charge in [0, 0.05) is 47.8 Å². The molecule has 0 unspecified atom stereocenters. The van der Waals surface area contributed by atoms with Gasteiger partial charge < -0.3 is 20.1 Å². The molecule has 2 aliphatic carbocycles. The minimum atomic E-state index is -0.643. The third kappa shape index (κ3) is 5.84. The van der Waals surface area contributed by atoms with Crippen molar-refractivity contribution < 1.29 is 23.9 Å². The normalized spacial score (nSPS) is 19.9. The number of rotatable bonds is 8. The van der Waals surface area contributed by atoms with Crippen LogP contribution in [-0.2, 0) is 20.8 Å². The summed E-state index contributed by atoms with van der Waals surface area (Å²) in [6.45, 7) is 8.83. The summed E-state index contributed by atoms with van der Waals surface area (Å²) in [5.74, 6) is -0.629. The number of allylic oxidation sites excluding steroid dienone is 4. The Balaban J connectivity index is 1.70. The largest absolute Gasteiger partial charge is 0.493 e. The van der Waals surface area contributed by atoms with Crippen LogP contribution in [0.3, 0.4) is 0 Å². The number of carbonyl (C=O) groups excluding carboxylic acids is 3. The summed E-state index contributed by atoms with van der Waals surface area (Å²) in [6.07, 6.45) is 3.00. The molecule has 0 saturated carbocycles. The van der Waals surface area contributed by atoms with Crippen molar-refractivity contribution in [2.45, 2.75) is 65.7 Å². The first-order chi connectivity index (χ1) is 19.8. The molecule has 1 amide bonds. The molecule has 2 N–H and O–H groups in total. The lowest BCUT2D eigenvalue weighted by atomic mass is 9.63. The van der Waals surface area contributed by atoms with E-state index < -0.39 is 11.8 Å². The third-order valence-electron chi connectivity index (χ3n) is 8.43. The highest BCUT2D eigenvalue weighted by Crippen LogP contribution is 2.55. The number of primary amides is 1. The van der Waals surface area contributed by atoms with E-state index in [0.717, 1.165) is 30.7 Å². The second-order valence-corrected chi connectivity index (χ2v) is 13.6. The Kier molecular flexibility index (Phi) is 8.01. The number of carbonyl (C=O) groups is 3. The number of nitrogens with two attached hydrogens (primary N) is 1. The number of halogens is 1. The fraction of sp³-hybridized carbons (Fsp3) is 0.441. The van der Waals surface area contributed by atoms with Gasteiger partial charge in [-0.05, 0) is 53.4 Å². The number of ether oxygens (including phenoxy) is 2. The predicted octanol–water partition coefficient (Wildman–Crippen LogP) is 6.14. The number of hydrogen-bond donors (Lipinski definition) is 1. The van der Waals surface area contributed by atoms with Gasteiger partial charge in [0.1, 0.15) is 0 Å². The average molecular weight is 591 g/mol. The lowest BCUT2D eigenvalue weighted by molar-refractivity contribution is -0.121. The van der Waals surface area contributed by atoms with Gasteiger partial charge in [0.05, 0.1) is 12.1 Å². The number of amides is 1. The molecule has 0 radical (unpaired) electrons. The van der Waals surface area contributed by atoms with Gasteiger partial charge in [-0.1, -0.05) is 69.6 Å². The summed E-state index contributed by atoms with van der Waals surface area (Å²) >= 11 is 6.71. The molecule has 7 nitrogen and oxygen atoms in total. The summed E-state index contributed by atoms with van der Waals surface area (Å²) in [4.78, 5) is 41.8. The molecular formula is C34H39ClN2O5. The minimum Gasteiger partial charge on any atom is -0.493 e. The molecule has 2 aromatic carbocycles. The molecule has 0 saturated heterocycles. The molecule has 222 valence electrons. The molecule has 2 aromatic rings. The van der Waals surface area contributed by atoms with E-state index in [9.17, 15) is 14.4 Å². The Bertz CT molecular complexity index is 1450. The molecule has 0 fully saturated rings. The first kappa shape index (κ1) is 29.9. The van der Waals surface area contributed by atoms with E-state index in [0.29, 0.717) is 41.8 Å². The monoisotopic (exact) mass is 590 g/mol. The summed E-state index contributed by atoms with van der Waals surface area (Å²) in [5.41, 5.74) is 10.0. The van der Waals surface area contributed by atoms with Crippen molar-refractivity contribution in [3.8, 4) is 11.5 Å². The quantitative estimate of drug-likeness (QED) is 0.396. The van der Waals surface area contributed by atoms with Crippen LogP contribution in [0.2, 0.25) is 5.02 Å². The molecule has 3 aliphatic rings. The van der Waals surface area contributed by atoms with E-state index in [1.807, 2.05) is 18.2 Å². The molecule has 1 heterocycles. The Morgan fingerprint density at radius 1 is 0.952 bits per heavy atom. The SMILES string of the molecule is COc1cc(C2C3=C(CC(C)(C)CC3=O)N(CCc3ccccc3)C3=C2C(=O)CC(C)(C)C3)cc(Cl)c1OCC(N)=O. The maximum Gasteiger partial charge on any atom is 0.255 e. The highest BCUT2D eigenvalue weighted by molar-refractivity contribution is 6.32. The topological polar surface area (TPSA) is 98.9 Å². The zero-order valence-corrected chi connectivity index (χ0v) is 25.8. The first-order valence-corrected chi connectivity index (χ1v) is 14.8. The van der Waals surface area contributed by atoms with Crippen molar-refractivity contribution in [3.63, 3.8) is 0 Å². The van der Waals surface area contributed by atoms with Gasteiger partial charge in [0.2, 0.25) is 0 Å². The molecule has 0 bridgehead atoms. The van der Waals surface area contributed by atoms with E-state index in [2.05, 4.69) is 44.7 Å². The second-order valence-electron chi connectivity index (χ2n) is 13.2. The summed E-state index contributed by atoms with van der Waals surface area (Å²) in [6, 6.07) is 13.8. The lowest BCUT2D eigenvalue weighted by Crippen LogP contribution is -2.45. The van der Waals surface area contributed by atoms with Crippen LogP contribution in [0.1, 0.15) is 70.4 Å². The Labute approximate surface area is 252 Å². The zero-order chi connectivity index (χ0) is 30.4. The van der Waals surface area contributed by atoms with Crippen LogP contribution in [0.15, 0.2) is 65.0 Å². The van der Waals surface area contributed by atoms with Gasteiger partial charge in [-0.3, -0.25) is 14.4 Å². The van der Waals surface area contributed by atoms with Crippen molar-refractivity contribution in [1.82, 2.24) is 4.90 Å². The number of ketones is 2. The van der Waals surface area contributed by atoms with E-state index >= 15 is 0 Å². The van der Waals surface area contributed by atoms with Crippen LogP contribution in [0.4, 0.5) is 0 Å². The van der Waals surface area contributed by atoms with Crippen molar-refractivity contribution in [1.29, 1.82) is 0 Å². The number of benzene rings is 2. The highest BCUT2D eigenvalue weighted by atomic mass is 35.5. The first-order valence-electron chi connectivity index (χ1n) is 14.4. The summed E-state index contributed by atoms with van der Waals surface area (Å²) in [7, 11) is 1.48. The van der Waals surface area contributed by atoms with Gasteiger partial charge in [-0.2, -0.15) is 0 Å². The minimum absolute atomic E-state index is 0.0456. The molecule has 8 heteroatoms. The van der Waals surface area contributed by atoms with E-state index in [4.69, 9.17) is 26.8 Å². The smallest absolute Gasteiger partial charge is 0.255 e. The summed E-state index contributed by atoms with van der Waals surface area (Å²) < 4.78 is 11.2. The maximum absolute atomic E-state index is 14.1. The van der Waals surface area contributed by atoms with Gasteiger partial charge in [-0.15, -0.1) is 0 Å². The molecular weight excluding hydrogens is 552 g/mol. The van der Waals surface area contributed by atoms with Gasteiger partial charge in [-0.25, -0.2) is 0 Å². The molecule has 0 spiro atoms. The molecule has 0 atom stereocenters. The molecule has 1 aliphatic heterocycles. The Morgan fingerprint density at radius 2 is 1.52 bits per heavy atom.